The molecule has 0 saturated carbocycles. The van der Waals surface area contributed by atoms with E-state index in [1.807, 2.05) is 0 Å². The van der Waals surface area contributed by atoms with Crippen molar-refractivity contribution in [3.63, 3.8) is 0 Å². The van der Waals surface area contributed by atoms with Crippen molar-refractivity contribution in [2.24, 2.45) is 23.5 Å². The molecule has 0 fully saturated rings. The smallest absolute Gasteiger partial charge is 0.273 e. The topological polar surface area (TPSA) is 139 Å². The number of allylic oxidation sites excluding steroid dienone is 3. The Kier molecular flexibility index (Phi) is 8.55. The fourth-order valence-electron chi connectivity index (χ4n) is 4.89. The van der Waals surface area contributed by atoms with Gasteiger partial charge in [-0.05, 0) is 67.3 Å². The highest BCUT2D eigenvalue weighted by molar-refractivity contribution is 6.09. The Bertz CT molecular complexity index is 1630. The van der Waals surface area contributed by atoms with E-state index in [0.717, 1.165) is 0 Å². The van der Waals surface area contributed by atoms with Gasteiger partial charge in [0, 0.05) is 61.6 Å². The molecule has 0 aliphatic carbocycles. The van der Waals surface area contributed by atoms with Crippen molar-refractivity contribution in [2.45, 2.75) is 32.4 Å². The van der Waals surface area contributed by atoms with Crippen LogP contribution in [0.25, 0.3) is 11.1 Å². The normalized spacial score (nSPS) is 14.3. The van der Waals surface area contributed by atoms with Gasteiger partial charge in [0.25, 0.3) is 11.5 Å². The summed E-state index contributed by atoms with van der Waals surface area (Å²) in [6.45, 7) is 3.51. The highest BCUT2D eigenvalue weighted by Crippen LogP contribution is 2.36. The minimum Gasteiger partial charge on any atom is -0.397 e. The number of pyridine rings is 1. The molecule has 1 amide bonds. The number of hydrogen-bond donors (Lipinski definition) is 4. The number of rotatable bonds is 8. The fourth-order valence-corrected chi connectivity index (χ4v) is 4.89. The van der Waals surface area contributed by atoms with Crippen LogP contribution in [0.5, 0.6) is 0 Å². The zero-order valence-electron chi connectivity index (χ0n) is 23.6. The molecule has 0 atom stereocenters. The average molecular weight is 559 g/mol. The number of carbonyl (C=O) groups excluding carboxylic acids is 1. The average Bonchev–Trinajstić information content (AvgIpc) is 2.92. The third kappa shape index (κ3) is 6.13. The SMILES string of the molecule is CN=C/C(N)=C\C=C\Nc1cc(-c2cccc(N3CCc4cc(C(C)(C)N)cc(F)c4C3=O)c2CO)cn(C)c1=O. The Morgan fingerprint density at radius 2 is 2.00 bits per heavy atom. The van der Waals surface area contributed by atoms with Crippen molar-refractivity contribution in [1.29, 1.82) is 0 Å². The predicted octanol–water partition coefficient (Wildman–Crippen LogP) is 3.55. The number of nitrogens with zero attached hydrogens (tertiary/aromatic N) is 3. The Hall–Kier alpha value is -4.54. The summed E-state index contributed by atoms with van der Waals surface area (Å²) in [5.74, 6) is -1.10. The summed E-state index contributed by atoms with van der Waals surface area (Å²) in [4.78, 5) is 31.7. The lowest BCUT2D eigenvalue weighted by Crippen LogP contribution is -2.39. The molecule has 1 aromatic heterocycles. The van der Waals surface area contributed by atoms with E-state index in [1.165, 1.54) is 21.7 Å². The third-order valence-corrected chi connectivity index (χ3v) is 6.98. The molecule has 1 aliphatic heterocycles. The maximum atomic E-state index is 15.3. The molecule has 214 valence electrons. The number of carbonyl (C=O) groups is 1. The summed E-state index contributed by atoms with van der Waals surface area (Å²) >= 11 is 0. The lowest BCUT2D eigenvalue weighted by molar-refractivity contribution is 0.0976. The fraction of sp³-hybridized carbons (Fsp3) is 0.258. The first-order valence-corrected chi connectivity index (χ1v) is 13.1. The zero-order chi connectivity index (χ0) is 29.9. The maximum absolute atomic E-state index is 15.3. The van der Waals surface area contributed by atoms with Crippen molar-refractivity contribution in [1.82, 2.24) is 4.57 Å². The number of benzene rings is 2. The summed E-state index contributed by atoms with van der Waals surface area (Å²) < 4.78 is 16.7. The number of aryl methyl sites for hydroxylation is 1. The van der Waals surface area contributed by atoms with E-state index in [-0.39, 0.29) is 17.7 Å². The molecule has 0 unspecified atom stereocenters. The molecular formula is C31H35FN6O3. The second-order valence-electron chi connectivity index (χ2n) is 10.5. The summed E-state index contributed by atoms with van der Waals surface area (Å²) in [5, 5.41) is 13.4. The van der Waals surface area contributed by atoms with Gasteiger partial charge in [-0.3, -0.25) is 14.6 Å². The van der Waals surface area contributed by atoms with Crippen LogP contribution in [0.15, 0.2) is 76.4 Å². The minimum atomic E-state index is -0.748. The van der Waals surface area contributed by atoms with Crippen LogP contribution < -0.4 is 27.2 Å². The number of hydrogen-bond acceptors (Lipinski definition) is 7. The van der Waals surface area contributed by atoms with Gasteiger partial charge in [0.2, 0.25) is 0 Å². The van der Waals surface area contributed by atoms with Crippen molar-refractivity contribution < 1.29 is 14.3 Å². The highest BCUT2D eigenvalue weighted by atomic mass is 19.1. The van der Waals surface area contributed by atoms with Crippen LogP contribution >= 0.6 is 0 Å². The van der Waals surface area contributed by atoms with Gasteiger partial charge in [-0.25, -0.2) is 4.39 Å². The largest absolute Gasteiger partial charge is 0.397 e. The van der Waals surface area contributed by atoms with Gasteiger partial charge < -0.3 is 31.4 Å². The van der Waals surface area contributed by atoms with E-state index in [2.05, 4.69) is 10.3 Å². The van der Waals surface area contributed by atoms with Gasteiger partial charge in [0.15, 0.2) is 0 Å². The van der Waals surface area contributed by atoms with E-state index in [0.29, 0.717) is 57.9 Å². The molecule has 2 aromatic carbocycles. The molecule has 2 heterocycles. The number of halogens is 1. The number of aliphatic hydroxyl groups excluding tert-OH is 1. The highest BCUT2D eigenvalue weighted by Gasteiger charge is 2.32. The first kappa shape index (κ1) is 29.4. The van der Waals surface area contributed by atoms with Crippen molar-refractivity contribution >= 4 is 23.5 Å². The number of anilines is 2. The summed E-state index contributed by atoms with van der Waals surface area (Å²) in [5.41, 5.74) is 15.2. The van der Waals surface area contributed by atoms with Crippen LogP contribution in [0.2, 0.25) is 0 Å². The second-order valence-corrected chi connectivity index (χ2v) is 10.5. The summed E-state index contributed by atoms with van der Waals surface area (Å²) in [7, 11) is 3.24. The standard InChI is InChI=1S/C31H35FN6O3/c1-31(2,34)21-13-19-10-12-38(30(41)28(19)25(32)15-21)27-9-5-8-23(24(27)18-39)20-14-26(29(40)37(4)17-20)36-11-6-7-22(33)16-35-3/h5-9,11,13-17,36,39H,10,12,18,33-34H2,1-4H3/b11-6+,22-7+,35-16?. The van der Waals surface area contributed by atoms with Crippen LogP contribution in [-0.4, -0.2) is 35.4 Å². The number of fused-ring (bicyclic) bond motifs is 1. The predicted molar refractivity (Wildman–Crippen MR) is 161 cm³/mol. The lowest BCUT2D eigenvalue weighted by Gasteiger charge is -2.32. The second kappa shape index (κ2) is 11.9. The number of aliphatic hydroxyl groups is 1. The zero-order valence-corrected chi connectivity index (χ0v) is 23.6. The molecule has 6 N–H and O–H groups in total. The van der Waals surface area contributed by atoms with Crippen LogP contribution in [0.3, 0.4) is 0 Å². The molecule has 9 nitrogen and oxygen atoms in total. The van der Waals surface area contributed by atoms with E-state index in [4.69, 9.17) is 11.5 Å². The first-order valence-electron chi connectivity index (χ1n) is 13.1. The van der Waals surface area contributed by atoms with Crippen LogP contribution in [-0.2, 0) is 25.6 Å². The molecule has 4 rings (SSSR count). The van der Waals surface area contributed by atoms with E-state index in [1.54, 1.807) is 82.8 Å². The molecule has 1 aliphatic rings. The number of aromatic nitrogens is 1. The van der Waals surface area contributed by atoms with E-state index < -0.39 is 17.3 Å². The Balaban J connectivity index is 1.72. The summed E-state index contributed by atoms with van der Waals surface area (Å²) in [6, 6.07) is 10.1. The van der Waals surface area contributed by atoms with Crippen LogP contribution in [0, 0.1) is 5.82 Å². The maximum Gasteiger partial charge on any atom is 0.273 e. The monoisotopic (exact) mass is 558 g/mol. The number of nitrogens with one attached hydrogen (secondary N) is 1. The molecule has 0 bridgehead atoms. The molecule has 3 aromatic rings. The van der Waals surface area contributed by atoms with Crippen molar-refractivity contribution in [2.75, 3.05) is 23.8 Å². The third-order valence-electron chi connectivity index (χ3n) is 6.98. The molecule has 41 heavy (non-hydrogen) atoms. The van der Waals surface area contributed by atoms with Crippen LogP contribution in [0.1, 0.15) is 40.9 Å². The molecule has 10 heteroatoms. The molecule has 0 saturated heterocycles. The Morgan fingerprint density at radius 1 is 1.24 bits per heavy atom. The first-order chi connectivity index (χ1) is 19.5. The molecule has 0 radical (unpaired) electrons. The van der Waals surface area contributed by atoms with Crippen LogP contribution in [0.4, 0.5) is 15.8 Å². The molecular weight excluding hydrogens is 523 g/mol. The van der Waals surface area contributed by atoms with Gasteiger partial charge in [0.05, 0.1) is 17.9 Å². The number of aliphatic imine (C=N–C) groups is 1. The molecule has 0 spiro atoms. The Morgan fingerprint density at radius 3 is 2.68 bits per heavy atom. The summed E-state index contributed by atoms with van der Waals surface area (Å²) in [6.07, 6.45) is 8.46. The van der Waals surface area contributed by atoms with Gasteiger partial charge in [-0.1, -0.05) is 18.2 Å². The van der Waals surface area contributed by atoms with E-state index >= 15 is 4.39 Å². The minimum absolute atomic E-state index is 0.0128. The van der Waals surface area contributed by atoms with Gasteiger partial charge in [-0.15, -0.1) is 0 Å². The number of amides is 1. The number of nitrogens with two attached hydrogens (primary N) is 2. The van der Waals surface area contributed by atoms with Crippen molar-refractivity contribution in [3.05, 3.63) is 105 Å². The Labute approximate surface area is 238 Å². The van der Waals surface area contributed by atoms with Gasteiger partial charge in [0.1, 0.15) is 11.5 Å². The van der Waals surface area contributed by atoms with Crippen molar-refractivity contribution in [3.8, 4) is 11.1 Å². The van der Waals surface area contributed by atoms with Gasteiger partial charge in [-0.2, -0.15) is 0 Å². The lowest BCUT2D eigenvalue weighted by atomic mass is 9.88. The van der Waals surface area contributed by atoms with E-state index in [9.17, 15) is 14.7 Å². The quantitative estimate of drug-likeness (QED) is 0.246. The van der Waals surface area contributed by atoms with Gasteiger partial charge >= 0.3 is 0 Å².